The highest BCUT2D eigenvalue weighted by Gasteiger charge is 2.07. The van der Waals surface area contributed by atoms with E-state index in [0.29, 0.717) is 24.5 Å². The molecule has 1 aromatic carbocycles. The van der Waals surface area contributed by atoms with Gasteiger partial charge in [-0.3, -0.25) is 0 Å². The van der Waals surface area contributed by atoms with Gasteiger partial charge in [0.05, 0.1) is 6.54 Å². The first kappa shape index (κ1) is 13.5. The third-order valence-corrected chi connectivity index (χ3v) is 2.89. The zero-order valence-corrected chi connectivity index (χ0v) is 11.8. The lowest BCUT2D eigenvalue weighted by molar-refractivity contribution is 0.460. The molecule has 0 aliphatic carbocycles. The van der Waals surface area contributed by atoms with Crippen molar-refractivity contribution in [2.24, 2.45) is 0 Å². The Morgan fingerprint density at radius 1 is 1.16 bits per heavy atom. The minimum absolute atomic E-state index is 0.392. The number of benzene rings is 1. The predicted molar refractivity (Wildman–Crippen MR) is 75.5 cm³/mol. The van der Waals surface area contributed by atoms with Crippen LogP contribution < -0.4 is 10.6 Å². The maximum atomic E-state index is 5.51. The van der Waals surface area contributed by atoms with Gasteiger partial charge in [-0.25, -0.2) is 0 Å². The van der Waals surface area contributed by atoms with Gasteiger partial charge >= 0.3 is 6.01 Å². The number of aromatic nitrogens is 2. The predicted octanol–water partition coefficient (Wildman–Crippen LogP) is 2.93. The smallest absolute Gasteiger partial charge is 0.320 e. The van der Waals surface area contributed by atoms with Crippen LogP contribution in [-0.4, -0.2) is 16.2 Å². The topological polar surface area (TPSA) is 63.0 Å². The lowest BCUT2D eigenvalue weighted by atomic mass is 10.1. The van der Waals surface area contributed by atoms with E-state index in [9.17, 15) is 0 Å². The van der Waals surface area contributed by atoms with E-state index >= 15 is 0 Å². The molecule has 0 amide bonds. The van der Waals surface area contributed by atoms with Crippen molar-refractivity contribution in [1.82, 2.24) is 15.5 Å². The molecule has 0 bridgehead atoms. The summed E-state index contributed by atoms with van der Waals surface area (Å²) in [6.07, 6.45) is 0. The minimum Gasteiger partial charge on any atom is -0.406 e. The van der Waals surface area contributed by atoms with Crippen LogP contribution in [0.3, 0.4) is 0 Å². The summed E-state index contributed by atoms with van der Waals surface area (Å²) in [4.78, 5) is 0. The van der Waals surface area contributed by atoms with Gasteiger partial charge < -0.3 is 15.1 Å². The number of rotatable bonds is 5. The molecule has 0 spiro atoms. The molecule has 0 saturated carbocycles. The van der Waals surface area contributed by atoms with E-state index in [1.54, 1.807) is 0 Å². The largest absolute Gasteiger partial charge is 0.406 e. The molecule has 0 atom stereocenters. The van der Waals surface area contributed by atoms with Crippen LogP contribution in [0, 0.1) is 13.8 Å². The van der Waals surface area contributed by atoms with Gasteiger partial charge in [-0.2, -0.15) is 0 Å². The first-order valence-electron chi connectivity index (χ1n) is 6.44. The number of hydrogen-bond donors (Lipinski definition) is 2. The van der Waals surface area contributed by atoms with Gasteiger partial charge in [0.2, 0.25) is 5.89 Å². The molecular weight excluding hydrogens is 240 g/mol. The van der Waals surface area contributed by atoms with Gasteiger partial charge in [0.25, 0.3) is 0 Å². The SMILES string of the molecule is Cc1ccc(Nc2nnc(CNC(C)C)o2)cc1C. The number of nitrogens with one attached hydrogen (secondary N) is 2. The second-order valence-electron chi connectivity index (χ2n) is 4.96. The minimum atomic E-state index is 0.392. The van der Waals surface area contributed by atoms with Crippen molar-refractivity contribution < 1.29 is 4.42 Å². The van der Waals surface area contributed by atoms with Crippen molar-refractivity contribution in [2.75, 3.05) is 5.32 Å². The Kier molecular flexibility index (Phi) is 4.16. The van der Waals surface area contributed by atoms with Gasteiger partial charge in [0.1, 0.15) is 0 Å². The van der Waals surface area contributed by atoms with E-state index in [-0.39, 0.29) is 0 Å². The van der Waals surface area contributed by atoms with Crippen LogP contribution in [0.25, 0.3) is 0 Å². The number of aryl methyl sites for hydroxylation is 2. The first-order valence-corrected chi connectivity index (χ1v) is 6.44. The molecule has 0 aliphatic heterocycles. The molecule has 0 saturated heterocycles. The molecule has 0 radical (unpaired) electrons. The molecule has 1 aromatic heterocycles. The van der Waals surface area contributed by atoms with Crippen LogP contribution in [0.5, 0.6) is 0 Å². The normalized spacial score (nSPS) is 11.0. The summed E-state index contributed by atoms with van der Waals surface area (Å²) in [7, 11) is 0. The van der Waals surface area contributed by atoms with Gasteiger partial charge in [-0.1, -0.05) is 25.0 Å². The van der Waals surface area contributed by atoms with Crippen molar-refractivity contribution in [3.05, 3.63) is 35.2 Å². The maximum absolute atomic E-state index is 5.51. The third-order valence-electron chi connectivity index (χ3n) is 2.89. The number of nitrogens with zero attached hydrogens (tertiary/aromatic N) is 2. The summed E-state index contributed by atoms with van der Waals surface area (Å²) in [6, 6.07) is 6.94. The Labute approximate surface area is 113 Å². The van der Waals surface area contributed by atoms with Gasteiger partial charge in [-0.05, 0) is 37.1 Å². The Morgan fingerprint density at radius 2 is 1.95 bits per heavy atom. The Hall–Kier alpha value is -1.88. The van der Waals surface area contributed by atoms with Gasteiger partial charge in [0.15, 0.2) is 0 Å². The van der Waals surface area contributed by atoms with E-state index < -0.39 is 0 Å². The Morgan fingerprint density at radius 3 is 2.63 bits per heavy atom. The van der Waals surface area contributed by atoms with E-state index in [2.05, 4.69) is 60.7 Å². The van der Waals surface area contributed by atoms with Crippen LogP contribution >= 0.6 is 0 Å². The van der Waals surface area contributed by atoms with Crippen LogP contribution in [0.1, 0.15) is 30.9 Å². The number of hydrogen-bond acceptors (Lipinski definition) is 5. The summed E-state index contributed by atoms with van der Waals surface area (Å²) in [5.74, 6) is 0.583. The lowest BCUT2D eigenvalue weighted by Crippen LogP contribution is -2.21. The molecule has 0 aliphatic rings. The molecule has 2 rings (SSSR count). The van der Waals surface area contributed by atoms with Crippen molar-refractivity contribution in [2.45, 2.75) is 40.3 Å². The molecule has 102 valence electrons. The standard InChI is InChI=1S/C14H20N4O/c1-9(2)15-8-13-17-18-14(19-13)16-12-6-5-10(3)11(4)7-12/h5-7,9,15H,8H2,1-4H3,(H,16,18). The molecule has 19 heavy (non-hydrogen) atoms. The molecule has 0 fully saturated rings. The van der Waals surface area contributed by atoms with Crippen molar-refractivity contribution in [3.8, 4) is 0 Å². The van der Waals surface area contributed by atoms with E-state index in [4.69, 9.17) is 4.42 Å². The van der Waals surface area contributed by atoms with Crippen LogP contribution in [0.15, 0.2) is 22.6 Å². The fourth-order valence-electron chi connectivity index (χ4n) is 1.61. The molecule has 0 unspecified atom stereocenters. The quantitative estimate of drug-likeness (QED) is 0.865. The highest BCUT2D eigenvalue weighted by Crippen LogP contribution is 2.18. The average Bonchev–Trinajstić information content (AvgIpc) is 2.79. The first-order chi connectivity index (χ1) is 9.04. The Balaban J connectivity index is 2.01. The van der Waals surface area contributed by atoms with Gasteiger partial charge in [-0.15, -0.1) is 5.10 Å². The van der Waals surface area contributed by atoms with Crippen LogP contribution in [0.2, 0.25) is 0 Å². The van der Waals surface area contributed by atoms with Crippen LogP contribution in [-0.2, 0) is 6.54 Å². The Bertz CT molecular complexity index is 548. The van der Waals surface area contributed by atoms with Crippen molar-refractivity contribution in [1.29, 1.82) is 0 Å². The van der Waals surface area contributed by atoms with E-state index in [1.165, 1.54) is 11.1 Å². The molecule has 2 N–H and O–H groups in total. The zero-order valence-electron chi connectivity index (χ0n) is 11.8. The van der Waals surface area contributed by atoms with E-state index in [1.807, 2.05) is 6.07 Å². The summed E-state index contributed by atoms with van der Waals surface area (Å²) < 4.78 is 5.51. The monoisotopic (exact) mass is 260 g/mol. The zero-order chi connectivity index (χ0) is 13.8. The second kappa shape index (κ2) is 5.84. The molecule has 1 heterocycles. The average molecular weight is 260 g/mol. The molecule has 5 heteroatoms. The highest BCUT2D eigenvalue weighted by atomic mass is 16.4. The maximum Gasteiger partial charge on any atom is 0.320 e. The van der Waals surface area contributed by atoms with Crippen molar-refractivity contribution >= 4 is 11.7 Å². The lowest BCUT2D eigenvalue weighted by Gasteiger charge is -2.05. The van der Waals surface area contributed by atoms with E-state index in [0.717, 1.165) is 5.69 Å². The fourth-order valence-corrected chi connectivity index (χ4v) is 1.61. The fraction of sp³-hybridized carbons (Fsp3) is 0.429. The summed E-state index contributed by atoms with van der Waals surface area (Å²) in [5.41, 5.74) is 3.44. The number of anilines is 2. The third kappa shape index (κ3) is 3.79. The molecule has 5 nitrogen and oxygen atoms in total. The van der Waals surface area contributed by atoms with Crippen LogP contribution in [0.4, 0.5) is 11.7 Å². The van der Waals surface area contributed by atoms with Crippen molar-refractivity contribution in [3.63, 3.8) is 0 Å². The summed E-state index contributed by atoms with van der Waals surface area (Å²) >= 11 is 0. The summed E-state index contributed by atoms with van der Waals surface area (Å²) in [5, 5.41) is 14.3. The molecule has 2 aromatic rings. The molecular formula is C14H20N4O. The highest BCUT2D eigenvalue weighted by molar-refractivity contribution is 5.54. The second-order valence-corrected chi connectivity index (χ2v) is 4.96. The van der Waals surface area contributed by atoms with Gasteiger partial charge in [0, 0.05) is 11.7 Å². The summed E-state index contributed by atoms with van der Waals surface area (Å²) in [6.45, 7) is 8.89.